The van der Waals surface area contributed by atoms with Gasteiger partial charge in [-0.2, -0.15) is 0 Å². The molecule has 23 heavy (non-hydrogen) atoms. The first kappa shape index (κ1) is 16.0. The summed E-state index contributed by atoms with van der Waals surface area (Å²) in [5.41, 5.74) is 3.16. The van der Waals surface area contributed by atoms with Crippen LogP contribution in [0.2, 0.25) is 0 Å². The van der Waals surface area contributed by atoms with E-state index in [0.29, 0.717) is 6.54 Å². The average Bonchev–Trinajstić information content (AvgIpc) is 3.08. The molecule has 0 unspecified atom stereocenters. The fraction of sp³-hybridized carbons (Fsp3) is 0.105. The average molecular weight is 386 g/mol. The van der Waals surface area contributed by atoms with Crippen molar-refractivity contribution in [3.63, 3.8) is 0 Å². The number of amides is 1. The van der Waals surface area contributed by atoms with E-state index in [9.17, 15) is 4.79 Å². The lowest BCUT2D eigenvalue weighted by Gasteiger charge is -2.23. The summed E-state index contributed by atoms with van der Waals surface area (Å²) in [7, 11) is 0. The normalized spacial score (nSPS) is 10.5. The molecule has 0 saturated carbocycles. The summed E-state index contributed by atoms with van der Waals surface area (Å²) in [5, 5.41) is 1.93. The minimum atomic E-state index is 0.0357. The SMILES string of the molecule is Cc1cccc(N(Cc2ccc(Br)cc2)C(=O)c2cccs2)c1. The maximum absolute atomic E-state index is 12.9. The predicted molar refractivity (Wildman–Crippen MR) is 100 cm³/mol. The lowest BCUT2D eigenvalue weighted by molar-refractivity contribution is 0.0989. The van der Waals surface area contributed by atoms with E-state index in [4.69, 9.17) is 0 Å². The second-order valence-corrected chi connectivity index (χ2v) is 7.20. The molecular formula is C19H16BrNOS. The van der Waals surface area contributed by atoms with Crippen molar-refractivity contribution in [1.29, 1.82) is 0 Å². The Hall–Kier alpha value is -1.91. The van der Waals surface area contributed by atoms with Gasteiger partial charge in [-0.3, -0.25) is 4.79 Å². The molecule has 3 rings (SSSR count). The van der Waals surface area contributed by atoms with E-state index in [1.165, 1.54) is 11.3 Å². The summed E-state index contributed by atoms with van der Waals surface area (Å²) in [6.45, 7) is 2.59. The van der Waals surface area contributed by atoms with Gasteiger partial charge in [0.25, 0.3) is 5.91 Å². The van der Waals surface area contributed by atoms with Crippen molar-refractivity contribution in [2.24, 2.45) is 0 Å². The lowest BCUT2D eigenvalue weighted by atomic mass is 10.1. The molecular weight excluding hydrogens is 370 g/mol. The van der Waals surface area contributed by atoms with Crippen LogP contribution in [0.25, 0.3) is 0 Å². The molecule has 0 spiro atoms. The highest BCUT2D eigenvalue weighted by Crippen LogP contribution is 2.23. The van der Waals surface area contributed by atoms with Gasteiger partial charge < -0.3 is 4.90 Å². The zero-order valence-corrected chi connectivity index (χ0v) is 15.1. The minimum absolute atomic E-state index is 0.0357. The van der Waals surface area contributed by atoms with Crippen LogP contribution < -0.4 is 4.90 Å². The number of halogens is 1. The smallest absolute Gasteiger partial charge is 0.268 e. The number of nitrogens with zero attached hydrogens (tertiary/aromatic N) is 1. The van der Waals surface area contributed by atoms with E-state index >= 15 is 0 Å². The second-order valence-electron chi connectivity index (χ2n) is 5.33. The molecule has 0 saturated heterocycles. The molecule has 0 aliphatic rings. The van der Waals surface area contributed by atoms with Gasteiger partial charge in [-0.05, 0) is 53.8 Å². The van der Waals surface area contributed by atoms with Gasteiger partial charge in [0, 0.05) is 10.2 Å². The summed E-state index contributed by atoms with van der Waals surface area (Å²) in [6, 6.07) is 19.9. The van der Waals surface area contributed by atoms with E-state index in [1.54, 1.807) is 0 Å². The molecule has 0 atom stereocenters. The zero-order chi connectivity index (χ0) is 16.2. The lowest BCUT2D eigenvalue weighted by Crippen LogP contribution is -2.29. The van der Waals surface area contributed by atoms with Crippen molar-refractivity contribution < 1.29 is 4.79 Å². The maximum atomic E-state index is 12.9. The Balaban J connectivity index is 1.96. The zero-order valence-electron chi connectivity index (χ0n) is 12.7. The minimum Gasteiger partial charge on any atom is -0.303 e. The number of aryl methyl sites for hydroxylation is 1. The molecule has 0 aliphatic heterocycles. The first-order valence-corrected chi connectivity index (χ1v) is 8.97. The molecule has 3 aromatic rings. The number of rotatable bonds is 4. The van der Waals surface area contributed by atoms with Crippen LogP contribution >= 0.6 is 27.3 Å². The number of anilines is 1. The fourth-order valence-corrected chi connectivity index (χ4v) is 3.32. The van der Waals surface area contributed by atoms with Gasteiger partial charge in [-0.1, -0.05) is 46.3 Å². The van der Waals surface area contributed by atoms with Crippen LogP contribution in [-0.2, 0) is 6.54 Å². The van der Waals surface area contributed by atoms with E-state index in [-0.39, 0.29) is 5.91 Å². The maximum Gasteiger partial charge on any atom is 0.268 e. The third-order valence-corrected chi connectivity index (χ3v) is 4.93. The van der Waals surface area contributed by atoms with Crippen LogP contribution in [0.1, 0.15) is 20.8 Å². The first-order chi connectivity index (χ1) is 11.1. The fourth-order valence-electron chi connectivity index (χ4n) is 2.38. The number of carbonyl (C=O) groups is 1. The molecule has 116 valence electrons. The van der Waals surface area contributed by atoms with Gasteiger partial charge in [-0.15, -0.1) is 11.3 Å². The summed E-state index contributed by atoms with van der Waals surface area (Å²) < 4.78 is 1.04. The van der Waals surface area contributed by atoms with Gasteiger partial charge in [0.2, 0.25) is 0 Å². The van der Waals surface area contributed by atoms with Crippen LogP contribution in [0.5, 0.6) is 0 Å². The number of benzene rings is 2. The van der Waals surface area contributed by atoms with Gasteiger partial charge in [0.15, 0.2) is 0 Å². The molecule has 0 radical (unpaired) electrons. The van der Waals surface area contributed by atoms with Gasteiger partial charge in [0.05, 0.1) is 11.4 Å². The topological polar surface area (TPSA) is 20.3 Å². The molecule has 4 heteroatoms. The Labute approximate surface area is 148 Å². The Morgan fingerprint density at radius 2 is 1.87 bits per heavy atom. The third kappa shape index (κ3) is 3.89. The van der Waals surface area contributed by atoms with Gasteiger partial charge >= 0.3 is 0 Å². The summed E-state index contributed by atoms with van der Waals surface area (Å²) >= 11 is 4.92. The highest BCUT2D eigenvalue weighted by molar-refractivity contribution is 9.10. The Kier molecular flexibility index (Phi) is 4.94. The predicted octanol–water partition coefficient (Wildman–Crippen LogP) is 5.67. The largest absolute Gasteiger partial charge is 0.303 e. The Bertz CT molecular complexity index is 797. The molecule has 2 nitrogen and oxygen atoms in total. The van der Waals surface area contributed by atoms with Crippen molar-refractivity contribution in [1.82, 2.24) is 0 Å². The van der Waals surface area contributed by atoms with E-state index in [2.05, 4.69) is 15.9 Å². The molecule has 0 bridgehead atoms. The number of thiophene rings is 1. The third-order valence-electron chi connectivity index (χ3n) is 3.54. The Morgan fingerprint density at radius 3 is 2.52 bits per heavy atom. The number of hydrogen-bond acceptors (Lipinski definition) is 2. The van der Waals surface area contributed by atoms with Crippen molar-refractivity contribution in [3.8, 4) is 0 Å². The summed E-state index contributed by atoms with van der Waals surface area (Å²) in [6.07, 6.45) is 0. The van der Waals surface area contributed by atoms with Crippen LogP contribution in [0.15, 0.2) is 70.5 Å². The number of carbonyl (C=O) groups excluding carboxylic acids is 1. The molecule has 1 heterocycles. The van der Waals surface area contributed by atoms with Gasteiger partial charge in [0.1, 0.15) is 0 Å². The van der Waals surface area contributed by atoms with Crippen molar-refractivity contribution in [2.45, 2.75) is 13.5 Å². The second kappa shape index (κ2) is 7.11. The summed E-state index contributed by atoms with van der Waals surface area (Å²) in [4.78, 5) is 15.5. The number of hydrogen-bond donors (Lipinski definition) is 0. The highest BCUT2D eigenvalue weighted by atomic mass is 79.9. The van der Waals surface area contributed by atoms with Gasteiger partial charge in [-0.25, -0.2) is 0 Å². The first-order valence-electron chi connectivity index (χ1n) is 7.30. The quantitative estimate of drug-likeness (QED) is 0.566. The standard InChI is InChI=1S/C19H16BrNOS/c1-14-4-2-5-17(12-14)21(19(22)18-6-3-11-23-18)13-15-7-9-16(20)10-8-15/h2-12H,13H2,1H3. The monoisotopic (exact) mass is 385 g/mol. The van der Waals surface area contributed by atoms with Crippen LogP contribution in [0, 0.1) is 6.92 Å². The summed E-state index contributed by atoms with van der Waals surface area (Å²) in [5.74, 6) is 0.0357. The van der Waals surface area contributed by atoms with Crippen LogP contribution in [0.3, 0.4) is 0 Å². The van der Waals surface area contributed by atoms with E-state index < -0.39 is 0 Å². The molecule has 0 aliphatic carbocycles. The molecule has 1 aromatic heterocycles. The van der Waals surface area contributed by atoms with E-state index in [0.717, 1.165) is 26.2 Å². The van der Waals surface area contributed by atoms with Crippen LogP contribution in [0.4, 0.5) is 5.69 Å². The molecule has 0 N–H and O–H groups in total. The molecule has 0 fully saturated rings. The molecule has 2 aromatic carbocycles. The van der Waals surface area contributed by atoms with Crippen molar-refractivity contribution >= 4 is 38.9 Å². The van der Waals surface area contributed by atoms with E-state index in [1.807, 2.05) is 77.9 Å². The molecule has 1 amide bonds. The van der Waals surface area contributed by atoms with Crippen molar-refractivity contribution in [3.05, 3.63) is 86.5 Å². The van der Waals surface area contributed by atoms with Crippen LogP contribution in [-0.4, -0.2) is 5.91 Å². The van der Waals surface area contributed by atoms with Crippen molar-refractivity contribution in [2.75, 3.05) is 4.90 Å². The Morgan fingerprint density at radius 1 is 1.09 bits per heavy atom. The highest BCUT2D eigenvalue weighted by Gasteiger charge is 2.19.